The molecule has 5 rings (SSSR count). The lowest BCUT2D eigenvalue weighted by Gasteiger charge is -2.27. The summed E-state index contributed by atoms with van der Waals surface area (Å²) in [4.78, 5) is 34.6. The predicted octanol–water partition coefficient (Wildman–Crippen LogP) is 6.00. The number of alkyl halides is 3. The zero-order chi connectivity index (χ0) is 34.7. The van der Waals surface area contributed by atoms with Crippen molar-refractivity contribution in [2.24, 2.45) is 5.73 Å². The third-order valence-corrected chi connectivity index (χ3v) is 7.91. The van der Waals surface area contributed by atoms with E-state index >= 15 is 8.78 Å². The molecule has 252 valence electrons. The van der Waals surface area contributed by atoms with Gasteiger partial charge in [0.25, 0.3) is 5.56 Å². The number of aromatic amines is 2. The second kappa shape index (κ2) is 13.9. The van der Waals surface area contributed by atoms with E-state index in [1.807, 2.05) is 9.97 Å². The van der Waals surface area contributed by atoms with Crippen molar-refractivity contribution < 1.29 is 31.4 Å². The fourth-order valence-corrected chi connectivity index (χ4v) is 5.62. The maximum atomic E-state index is 16.5. The maximum absolute atomic E-state index is 16.5. The molecule has 0 radical (unpaired) electrons. The number of hydrogen-bond acceptors (Lipinski definition) is 7. The van der Waals surface area contributed by atoms with E-state index in [9.17, 15) is 22.8 Å². The lowest BCUT2D eigenvalue weighted by atomic mass is 9.92. The highest BCUT2D eigenvalue weighted by molar-refractivity contribution is 5.88. The molecule has 2 aromatic heterocycles. The van der Waals surface area contributed by atoms with Crippen LogP contribution in [0.5, 0.6) is 11.5 Å². The first-order valence-electron chi connectivity index (χ1n) is 14.8. The van der Waals surface area contributed by atoms with Crippen LogP contribution in [-0.4, -0.2) is 35.7 Å². The number of benzene rings is 3. The average molecular weight is 670 g/mol. The van der Waals surface area contributed by atoms with Gasteiger partial charge in [0.15, 0.2) is 5.82 Å². The van der Waals surface area contributed by atoms with Crippen LogP contribution in [-0.2, 0) is 25.7 Å². The Labute approximate surface area is 271 Å². The van der Waals surface area contributed by atoms with Crippen LogP contribution < -0.4 is 31.4 Å². The molecule has 0 aliphatic heterocycles. The minimum Gasteiger partial charge on any atom is -0.497 e. The molecule has 0 aliphatic carbocycles. The molecule has 0 bridgehead atoms. The van der Waals surface area contributed by atoms with E-state index < -0.39 is 62.3 Å². The number of hydrogen-bond donors (Lipinski definition) is 3. The van der Waals surface area contributed by atoms with Gasteiger partial charge in [-0.2, -0.15) is 13.2 Å². The second-order valence-corrected chi connectivity index (χ2v) is 11.1. The number of ether oxygens (including phenoxy) is 2. The Morgan fingerprint density at radius 3 is 1.94 bits per heavy atom. The summed E-state index contributed by atoms with van der Waals surface area (Å²) in [5, 5.41) is -0.829. The molecule has 5 aromatic rings. The SMILES string of the molecule is COc1ccc(CN(Cc2ccc(OC)cc2)c2cc(C)c(C(F)(F)F)c(-c3c(CCCN)c(F)c4c(=O)[nH]c(=O)[nH]c4c3F)n2)cc1. The highest BCUT2D eigenvalue weighted by atomic mass is 19.4. The number of methoxy groups -OCH3 is 2. The highest BCUT2D eigenvalue weighted by Crippen LogP contribution is 2.43. The number of fused-ring (bicyclic) bond motifs is 1. The first kappa shape index (κ1) is 34.1. The average Bonchev–Trinajstić information content (AvgIpc) is 3.04. The van der Waals surface area contributed by atoms with Crippen LogP contribution in [0.15, 0.2) is 64.2 Å². The van der Waals surface area contributed by atoms with Gasteiger partial charge in [0.1, 0.15) is 28.5 Å². The number of aryl methyl sites for hydroxylation is 1. The number of nitrogens with two attached hydrogens (primary N) is 1. The van der Waals surface area contributed by atoms with Crippen LogP contribution in [0, 0.1) is 18.6 Å². The van der Waals surface area contributed by atoms with Crippen molar-refractivity contribution in [3.63, 3.8) is 0 Å². The van der Waals surface area contributed by atoms with Crippen molar-refractivity contribution in [3.8, 4) is 22.8 Å². The summed E-state index contributed by atoms with van der Waals surface area (Å²) in [5.74, 6) is -1.47. The van der Waals surface area contributed by atoms with Crippen molar-refractivity contribution in [1.82, 2.24) is 15.0 Å². The largest absolute Gasteiger partial charge is 0.497 e. The van der Waals surface area contributed by atoms with Gasteiger partial charge in [-0.15, -0.1) is 0 Å². The van der Waals surface area contributed by atoms with Crippen molar-refractivity contribution in [2.75, 3.05) is 25.7 Å². The number of aromatic nitrogens is 3. The number of nitrogens with zero attached hydrogens (tertiary/aromatic N) is 2. The number of anilines is 1. The van der Waals surface area contributed by atoms with E-state index in [0.29, 0.717) is 11.5 Å². The molecule has 4 N–H and O–H groups in total. The van der Waals surface area contributed by atoms with Crippen LogP contribution in [0.4, 0.5) is 27.8 Å². The summed E-state index contributed by atoms with van der Waals surface area (Å²) in [5.41, 5.74) is 0.0576. The molecular weight excluding hydrogens is 637 g/mol. The molecule has 0 saturated carbocycles. The van der Waals surface area contributed by atoms with E-state index in [1.165, 1.54) is 27.2 Å². The van der Waals surface area contributed by atoms with Crippen molar-refractivity contribution in [3.05, 3.63) is 115 Å². The number of nitrogens with one attached hydrogen (secondary N) is 2. The maximum Gasteiger partial charge on any atom is 0.418 e. The Hall–Kier alpha value is -5.24. The van der Waals surface area contributed by atoms with Crippen molar-refractivity contribution in [2.45, 2.75) is 39.0 Å². The van der Waals surface area contributed by atoms with Gasteiger partial charge in [-0.05, 0) is 73.3 Å². The fraction of sp³-hybridized carbons (Fsp3) is 0.265. The Bertz CT molecular complexity index is 2010. The molecule has 0 aliphatic rings. The third kappa shape index (κ3) is 6.88. The first-order chi connectivity index (χ1) is 22.9. The molecule has 14 heteroatoms. The lowest BCUT2D eigenvalue weighted by molar-refractivity contribution is -0.137. The Kier molecular flexibility index (Phi) is 9.85. The van der Waals surface area contributed by atoms with Crippen LogP contribution in [0.25, 0.3) is 22.2 Å². The molecule has 0 unspecified atom stereocenters. The minimum absolute atomic E-state index is 0.00333. The number of H-pyrrole nitrogens is 2. The third-order valence-electron chi connectivity index (χ3n) is 7.91. The molecular formula is C34H32F5N5O4. The van der Waals surface area contributed by atoms with E-state index in [0.717, 1.165) is 11.1 Å². The zero-order valence-electron chi connectivity index (χ0n) is 26.2. The minimum atomic E-state index is -5.05. The summed E-state index contributed by atoms with van der Waals surface area (Å²) in [6.07, 6.45) is -5.31. The van der Waals surface area contributed by atoms with Gasteiger partial charge >= 0.3 is 11.9 Å². The van der Waals surface area contributed by atoms with Gasteiger partial charge in [-0.1, -0.05) is 24.3 Å². The van der Waals surface area contributed by atoms with Gasteiger partial charge in [0.05, 0.1) is 31.0 Å². The van der Waals surface area contributed by atoms with Gasteiger partial charge in [0.2, 0.25) is 0 Å². The summed E-state index contributed by atoms with van der Waals surface area (Å²) in [6.45, 7) is 1.52. The number of halogens is 5. The molecule has 0 fully saturated rings. The number of pyridine rings is 1. The van der Waals surface area contributed by atoms with E-state index in [-0.39, 0.29) is 43.9 Å². The quantitative estimate of drug-likeness (QED) is 0.147. The smallest absolute Gasteiger partial charge is 0.418 e. The standard InChI is InChI=1S/C34H32F5N5O4/c1-18-15-24(44(16-19-6-10-21(47-2)11-7-19)17-20-8-12-22(48-3)13-9-20)41-30(27(18)34(37,38)39)25-23(5-4-14-40)28(35)26-31(29(25)36)42-33(46)43-32(26)45/h6-13,15H,4-5,14,16-17,40H2,1-3H3,(H2,42,43,45,46). The summed E-state index contributed by atoms with van der Waals surface area (Å²) >= 11 is 0. The molecule has 2 heterocycles. The Balaban J connectivity index is 1.80. The second-order valence-electron chi connectivity index (χ2n) is 11.1. The van der Waals surface area contributed by atoms with Crippen molar-refractivity contribution >= 4 is 16.7 Å². The molecule has 48 heavy (non-hydrogen) atoms. The summed E-state index contributed by atoms with van der Waals surface area (Å²) < 4.78 is 87.5. The molecule has 3 aromatic carbocycles. The van der Waals surface area contributed by atoms with Gasteiger partial charge in [-0.3, -0.25) is 9.78 Å². The topological polar surface area (TPSA) is 126 Å². The molecule has 0 spiro atoms. The van der Waals surface area contributed by atoms with Gasteiger partial charge < -0.3 is 25.1 Å². The molecule has 0 saturated heterocycles. The summed E-state index contributed by atoms with van der Waals surface area (Å²) in [6, 6.07) is 15.3. The van der Waals surface area contributed by atoms with Crippen molar-refractivity contribution in [1.29, 1.82) is 0 Å². The molecule has 0 amide bonds. The Morgan fingerprint density at radius 1 is 0.875 bits per heavy atom. The van der Waals surface area contributed by atoms with Crippen LogP contribution in [0.3, 0.4) is 0 Å². The van der Waals surface area contributed by atoms with Gasteiger partial charge in [-0.25, -0.2) is 18.6 Å². The lowest BCUT2D eigenvalue weighted by Crippen LogP contribution is -2.26. The van der Waals surface area contributed by atoms with E-state index in [2.05, 4.69) is 4.98 Å². The Morgan fingerprint density at radius 2 is 1.44 bits per heavy atom. The summed E-state index contributed by atoms with van der Waals surface area (Å²) in [7, 11) is 3.04. The van der Waals surface area contributed by atoms with Gasteiger partial charge in [0, 0.05) is 24.2 Å². The number of rotatable bonds is 11. The molecule has 0 atom stereocenters. The zero-order valence-corrected chi connectivity index (χ0v) is 26.2. The van der Waals surface area contributed by atoms with Crippen LogP contribution in [0.1, 0.15) is 34.2 Å². The monoisotopic (exact) mass is 669 g/mol. The van der Waals surface area contributed by atoms with Crippen LogP contribution >= 0.6 is 0 Å². The first-order valence-corrected chi connectivity index (χ1v) is 14.8. The van der Waals surface area contributed by atoms with Crippen LogP contribution in [0.2, 0.25) is 0 Å². The predicted molar refractivity (Wildman–Crippen MR) is 171 cm³/mol. The van der Waals surface area contributed by atoms with E-state index in [4.69, 9.17) is 15.2 Å². The molecule has 9 nitrogen and oxygen atoms in total. The van der Waals surface area contributed by atoms with E-state index in [1.54, 1.807) is 53.4 Å². The fourth-order valence-electron chi connectivity index (χ4n) is 5.62. The highest BCUT2D eigenvalue weighted by Gasteiger charge is 2.39. The normalized spacial score (nSPS) is 11.6.